The van der Waals surface area contributed by atoms with Gasteiger partial charge in [-0.15, -0.1) is 0 Å². The van der Waals surface area contributed by atoms with Gasteiger partial charge in [0.25, 0.3) is 11.8 Å². The van der Waals surface area contributed by atoms with Crippen LogP contribution in [-0.4, -0.2) is 21.9 Å². The van der Waals surface area contributed by atoms with Crippen molar-refractivity contribution >= 4 is 11.8 Å². The Morgan fingerprint density at radius 2 is 1.90 bits per heavy atom. The quantitative estimate of drug-likeness (QED) is 0.715. The molecule has 2 amide bonds. The molecule has 102 valence electrons. The average Bonchev–Trinajstić information content (AvgIpc) is 2.47. The van der Waals surface area contributed by atoms with Gasteiger partial charge in [-0.2, -0.15) is 0 Å². The number of phenolic OH excluding ortho intramolecular Hbond substituents is 1. The first-order chi connectivity index (χ1) is 9.58. The molecule has 6 heteroatoms. The molecule has 0 fully saturated rings. The largest absolute Gasteiger partial charge is 0.507 e. The molecule has 0 saturated carbocycles. The van der Waals surface area contributed by atoms with E-state index in [9.17, 15) is 14.7 Å². The molecule has 0 aliphatic carbocycles. The number of carbonyl (C=O) groups excluding carboxylic acids is 2. The summed E-state index contributed by atoms with van der Waals surface area (Å²) in [6.45, 7) is 1.80. The van der Waals surface area contributed by atoms with Crippen LogP contribution in [0.4, 0.5) is 0 Å². The maximum Gasteiger partial charge on any atom is 0.273 e. The lowest BCUT2D eigenvalue weighted by Gasteiger charge is -2.08. The lowest BCUT2D eigenvalue weighted by molar-refractivity contribution is 0.0844. The molecule has 0 aliphatic rings. The average molecular weight is 271 g/mol. The topological polar surface area (TPSA) is 91.3 Å². The van der Waals surface area contributed by atoms with Gasteiger partial charge in [0.05, 0.1) is 11.1 Å². The number of aromatic hydroxyl groups is 1. The number of rotatable bonds is 2. The fourth-order valence-electron chi connectivity index (χ4n) is 1.58. The first-order valence-electron chi connectivity index (χ1n) is 5.88. The number of aryl methyl sites for hydroxylation is 1. The van der Waals surface area contributed by atoms with Crippen LogP contribution in [0.1, 0.15) is 26.3 Å². The number of aromatic nitrogens is 1. The summed E-state index contributed by atoms with van der Waals surface area (Å²) in [5, 5.41) is 9.60. The summed E-state index contributed by atoms with van der Waals surface area (Å²) < 4.78 is 0. The van der Waals surface area contributed by atoms with Gasteiger partial charge in [0.15, 0.2) is 0 Å². The number of pyridine rings is 1. The molecule has 0 atom stereocenters. The number of carbonyl (C=O) groups is 2. The third-order valence-electron chi connectivity index (χ3n) is 2.61. The zero-order chi connectivity index (χ0) is 14.5. The molecule has 0 radical (unpaired) electrons. The van der Waals surface area contributed by atoms with E-state index >= 15 is 0 Å². The number of nitrogens with zero attached hydrogens (tertiary/aromatic N) is 1. The van der Waals surface area contributed by atoms with E-state index in [4.69, 9.17) is 0 Å². The van der Waals surface area contributed by atoms with Gasteiger partial charge in [-0.1, -0.05) is 11.6 Å². The Morgan fingerprint density at radius 1 is 1.15 bits per heavy atom. The van der Waals surface area contributed by atoms with Gasteiger partial charge >= 0.3 is 0 Å². The molecule has 0 bridgehead atoms. The molecule has 1 aromatic heterocycles. The van der Waals surface area contributed by atoms with E-state index in [0.717, 1.165) is 5.56 Å². The minimum atomic E-state index is -0.594. The normalized spacial score (nSPS) is 9.85. The molecule has 1 heterocycles. The van der Waals surface area contributed by atoms with E-state index < -0.39 is 11.8 Å². The predicted molar refractivity (Wildman–Crippen MR) is 72.0 cm³/mol. The van der Waals surface area contributed by atoms with Gasteiger partial charge in [-0.3, -0.25) is 25.4 Å². The third kappa shape index (κ3) is 3.11. The van der Waals surface area contributed by atoms with Crippen LogP contribution >= 0.6 is 0 Å². The predicted octanol–water partition coefficient (Wildman–Crippen LogP) is 1.17. The van der Waals surface area contributed by atoms with Gasteiger partial charge in [-0.05, 0) is 31.2 Å². The SMILES string of the molecule is Cc1ccc(O)c(C(=O)NNC(=O)c2cccnc2)c1. The smallest absolute Gasteiger partial charge is 0.273 e. The fourth-order valence-corrected chi connectivity index (χ4v) is 1.58. The van der Waals surface area contributed by atoms with E-state index in [1.165, 1.54) is 18.3 Å². The number of nitrogens with one attached hydrogen (secondary N) is 2. The Hall–Kier alpha value is -2.89. The number of hydrazine groups is 1. The van der Waals surface area contributed by atoms with Crippen molar-refractivity contribution in [1.29, 1.82) is 0 Å². The third-order valence-corrected chi connectivity index (χ3v) is 2.61. The van der Waals surface area contributed by atoms with Crippen LogP contribution in [0.5, 0.6) is 5.75 Å². The Labute approximate surface area is 115 Å². The van der Waals surface area contributed by atoms with Crippen molar-refractivity contribution in [2.45, 2.75) is 6.92 Å². The highest BCUT2D eigenvalue weighted by atomic mass is 16.3. The molecule has 20 heavy (non-hydrogen) atoms. The monoisotopic (exact) mass is 271 g/mol. The highest BCUT2D eigenvalue weighted by molar-refractivity contribution is 6.00. The van der Waals surface area contributed by atoms with Crippen molar-refractivity contribution < 1.29 is 14.7 Å². The summed E-state index contributed by atoms with van der Waals surface area (Å²) >= 11 is 0. The summed E-state index contributed by atoms with van der Waals surface area (Å²) in [5.41, 5.74) is 5.73. The van der Waals surface area contributed by atoms with E-state index in [-0.39, 0.29) is 11.3 Å². The number of amides is 2. The molecule has 0 spiro atoms. The van der Waals surface area contributed by atoms with Crippen molar-refractivity contribution in [3.8, 4) is 5.75 Å². The minimum absolute atomic E-state index is 0.0940. The zero-order valence-corrected chi connectivity index (χ0v) is 10.8. The summed E-state index contributed by atoms with van der Waals surface area (Å²) in [5.74, 6) is -1.23. The standard InChI is InChI=1S/C14H13N3O3/c1-9-4-5-12(18)11(7-9)14(20)17-16-13(19)10-3-2-6-15-8-10/h2-8,18H,1H3,(H,16,19)(H,17,20). The van der Waals surface area contributed by atoms with Crippen LogP contribution < -0.4 is 10.9 Å². The van der Waals surface area contributed by atoms with Crippen LogP contribution in [0.15, 0.2) is 42.7 Å². The number of hydrogen-bond donors (Lipinski definition) is 3. The van der Waals surface area contributed by atoms with Crippen molar-refractivity contribution in [2.24, 2.45) is 0 Å². The summed E-state index contributed by atoms with van der Waals surface area (Å²) in [7, 11) is 0. The number of hydrogen-bond acceptors (Lipinski definition) is 4. The minimum Gasteiger partial charge on any atom is -0.507 e. The molecule has 0 unspecified atom stereocenters. The van der Waals surface area contributed by atoms with Gasteiger partial charge in [0.1, 0.15) is 5.75 Å². The summed E-state index contributed by atoms with van der Waals surface area (Å²) in [6.07, 6.45) is 2.92. The Balaban J connectivity index is 2.02. The van der Waals surface area contributed by atoms with Gasteiger partial charge in [0, 0.05) is 12.4 Å². The molecular weight excluding hydrogens is 258 g/mol. The van der Waals surface area contributed by atoms with Gasteiger partial charge in [-0.25, -0.2) is 0 Å². The zero-order valence-electron chi connectivity index (χ0n) is 10.8. The van der Waals surface area contributed by atoms with Crippen molar-refractivity contribution in [3.63, 3.8) is 0 Å². The lowest BCUT2D eigenvalue weighted by Crippen LogP contribution is -2.41. The summed E-state index contributed by atoms with van der Waals surface area (Å²) in [6, 6.07) is 7.82. The second-order valence-electron chi connectivity index (χ2n) is 4.17. The van der Waals surface area contributed by atoms with Gasteiger partial charge < -0.3 is 5.11 Å². The van der Waals surface area contributed by atoms with Crippen molar-refractivity contribution in [1.82, 2.24) is 15.8 Å². The van der Waals surface area contributed by atoms with E-state index in [0.29, 0.717) is 5.56 Å². The molecule has 2 rings (SSSR count). The van der Waals surface area contributed by atoms with E-state index in [1.807, 2.05) is 0 Å². The molecule has 0 saturated heterocycles. The van der Waals surface area contributed by atoms with Crippen LogP contribution in [0.25, 0.3) is 0 Å². The van der Waals surface area contributed by atoms with Crippen LogP contribution in [0, 0.1) is 6.92 Å². The van der Waals surface area contributed by atoms with E-state index in [1.54, 1.807) is 31.3 Å². The molecule has 0 aliphatic heterocycles. The molecular formula is C14H13N3O3. The molecule has 3 N–H and O–H groups in total. The van der Waals surface area contributed by atoms with Crippen LogP contribution in [0.3, 0.4) is 0 Å². The Kier molecular flexibility index (Phi) is 3.95. The maximum absolute atomic E-state index is 11.9. The second-order valence-corrected chi connectivity index (χ2v) is 4.17. The Morgan fingerprint density at radius 3 is 2.60 bits per heavy atom. The van der Waals surface area contributed by atoms with Crippen molar-refractivity contribution in [3.05, 3.63) is 59.4 Å². The summed E-state index contributed by atoms with van der Waals surface area (Å²) in [4.78, 5) is 27.4. The lowest BCUT2D eigenvalue weighted by atomic mass is 10.1. The van der Waals surface area contributed by atoms with Crippen molar-refractivity contribution in [2.75, 3.05) is 0 Å². The Bertz CT molecular complexity index is 641. The first-order valence-corrected chi connectivity index (χ1v) is 5.88. The molecule has 1 aromatic carbocycles. The van der Waals surface area contributed by atoms with Crippen LogP contribution in [0.2, 0.25) is 0 Å². The maximum atomic E-state index is 11.9. The highest BCUT2D eigenvalue weighted by Gasteiger charge is 2.12. The second kappa shape index (κ2) is 5.83. The van der Waals surface area contributed by atoms with E-state index in [2.05, 4.69) is 15.8 Å². The number of benzene rings is 1. The first kappa shape index (κ1) is 13.5. The number of phenols is 1. The molecule has 2 aromatic rings. The van der Waals surface area contributed by atoms with Gasteiger partial charge in [0.2, 0.25) is 0 Å². The van der Waals surface area contributed by atoms with Crippen LogP contribution in [-0.2, 0) is 0 Å². The molecule has 6 nitrogen and oxygen atoms in total. The fraction of sp³-hybridized carbons (Fsp3) is 0.0714. The highest BCUT2D eigenvalue weighted by Crippen LogP contribution is 2.17.